The fraction of sp³-hybridized carbons (Fsp3) is 0.800. The molecule has 122 valence electrons. The molecule has 22 heavy (non-hydrogen) atoms. The third-order valence-corrected chi connectivity index (χ3v) is 8.15. The average molecular weight is 302 g/mol. The Hall–Kier alpha value is -0.760. The summed E-state index contributed by atoms with van der Waals surface area (Å²) in [6, 6.07) is 0. The van der Waals surface area contributed by atoms with Gasteiger partial charge in [-0.1, -0.05) is 26.8 Å². The Bertz CT molecular complexity index is 536. The van der Waals surface area contributed by atoms with E-state index < -0.39 is 0 Å². The summed E-state index contributed by atoms with van der Waals surface area (Å²) < 4.78 is 0. The van der Waals surface area contributed by atoms with Crippen molar-refractivity contribution in [2.45, 2.75) is 59.0 Å². The van der Waals surface area contributed by atoms with E-state index in [2.05, 4.69) is 32.9 Å². The zero-order valence-electron chi connectivity index (χ0n) is 14.1. The van der Waals surface area contributed by atoms with Crippen molar-refractivity contribution in [3.05, 3.63) is 24.0 Å². The molecule has 1 unspecified atom stereocenters. The van der Waals surface area contributed by atoms with Gasteiger partial charge in [-0.25, -0.2) is 0 Å². The lowest BCUT2D eigenvalue weighted by Crippen LogP contribution is -2.54. The third kappa shape index (κ3) is 1.76. The monoisotopic (exact) mass is 302 g/mol. The summed E-state index contributed by atoms with van der Waals surface area (Å²) in [6.07, 6.45) is 12.0. The van der Waals surface area contributed by atoms with Gasteiger partial charge in [-0.3, -0.25) is 0 Å². The van der Waals surface area contributed by atoms with E-state index in [1.807, 2.05) is 6.08 Å². The Morgan fingerprint density at radius 3 is 2.68 bits per heavy atom. The molecule has 4 rings (SSSR count). The molecule has 0 aromatic rings. The predicted molar refractivity (Wildman–Crippen MR) is 88.3 cm³/mol. The van der Waals surface area contributed by atoms with Crippen molar-refractivity contribution in [3.8, 4) is 0 Å². The SMILES string of the molecule is C[C@H]1CC2C=C(O)C=C[C@]2(C)[C@H]2CC[C@]3(C)[C@@H](O)CC[C@H]3[C@H]12. The molecule has 0 aromatic carbocycles. The maximum Gasteiger partial charge on any atom is 0.111 e. The van der Waals surface area contributed by atoms with Crippen LogP contribution in [0.4, 0.5) is 0 Å². The molecular weight excluding hydrogens is 272 g/mol. The van der Waals surface area contributed by atoms with Crippen molar-refractivity contribution in [1.82, 2.24) is 0 Å². The van der Waals surface area contributed by atoms with E-state index in [4.69, 9.17) is 0 Å². The smallest absolute Gasteiger partial charge is 0.111 e. The number of aliphatic hydroxyl groups is 2. The van der Waals surface area contributed by atoms with Gasteiger partial charge in [0, 0.05) is 0 Å². The average Bonchev–Trinajstić information content (AvgIpc) is 2.77. The maximum atomic E-state index is 10.5. The first-order valence-corrected chi connectivity index (χ1v) is 9.14. The van der Waals surface area contributed by atoms with Gasteiger partial charge in [0.2, 0.25) is 0 Å². The number of hydrogen-bond donors (Lipinski definition) is 2. The second-order valence-corrected chi connectivity index (χ2v) is 9.04. The molecule has 4 aliphatic rings. The van der Waals surface area contributed by atoms with Crippen LogP contribution >= 0.6 is 0 Å². The fourth-order valence-electron chi connectivity index (χ4n) is 6.79. The van der Waals surface area contributed by atoms with Crippen molar-refractivity contribution >= 4 is 0 Å². The molecule has 0 aromatic heterocycles. The van der Waals surface area contributed by atoms with Gasteiger partial charge in [0.15, 0.2) is 0 Å². The van der Waals surface area contributed by atoms with Crippen LogP contribution in [0.5, 0.6) is 0 Å². The van der Waals surface area contributed by atoms with Gasteiger partial charge < -0.3 is 10.2 Å². The minimum absolute atomic E-state index is 0.0954. The Morgan fingerprint density at radius 2 is 1.91 bits per heavy atom. The second-order valence-electron chi connectivity index (χ2n) is 9.04. The molecule has 4 aliphatic carbocycles. The van der Waals surface area contributed by atoms with Crippen molar-refractivity contribution in [2.24, 2.45) is 40.4 Å². The molecule has 0 bridgehead atoms. The molecule has 8 atom stereocenters. The lowest BCUT2D eigenvalue weighted by Gasteiger charge is -2.60. The normalized spacial score (nSPS) is 56.8. The minimum Gasteiger partial charge on any atom is -0.508 e. The van der Waals surface area contributed by atoms with Crippen LogP contribution in [0.3, 0.4) is 0 Å². The van der Waals surface area contributed by atoms with Crippen LogP contribution in [-0.4, -0.2) is 16.3 Å². The number of fused-ring (bicyclic) bond motifs is 5. The lowest BCUT2D eigenvalue weighted by atomic mass is 9.45. The zero-order chi connectivity index (χ0) is 15.7. The van der Waals surface area contributed by atoms with Crippen LogP contribution in [0.25, 0.3) is 0 Å². The summed E-state index contributed by atoms with van der Waals surface area (Å²) >= 11 is 0. The summed E-state index contributed by atoms with van der Waals surface area (Å²) in [4.78, 5) is 0. The molecule has 3 saturated carbocycles. The Kier molecular flexibility index (Phi) is 3.11. The van der Waals surface area contributed by atoms with Crippen molar-refractivity contribution in [3.63, 3.8) is 0 Å². The van der Waals surface area contributed by atoms with Crippen LogP contribution in [-0.2, 0) is 0 Å². The van der Waals surface area contributed by atoms with E-state index in [0.29, 0.717) is 29.4 Å². The maximum absolute atomic E-state index is 10.5. The molecule has 0 saturated heterocycles. The van der Waals surface area contributed by atoms with Crippen LogP contribution < -0.4 is 0 Å². The number of hydrogen-bond acceptors (Lipinski definition) is 2. The van der Waals surface area contributed by atoms with Gasteiger partial charge in [-0.2, -0.15) is 0 Å². The van der Waals surface area contributed by atoms with Crippen molar-refractivity contribution < 1.29 is 10.2 Å². The highest BCUT2D eigenvalue weighted by atomic mass is 16.3. The quantitative estimate of drug-likeness (QED) is 0.693. The summed E-state index contributed by atoms with van der Waals surface area (Å²) in [6.45, 7) is 7.17. The topological polar surface area (TPSA) is 40.5 Å². The van der Waals surface area contributed by atoms with Gasteiger partial charge in [-0.15, -0.1) is 0 Å². The highest BCUT2D eigenvalue weighted by Crippen LogP contribution is 2.66. The van der Waals surface area contributed by atoms with Crippen molar-refractivity contribution in [1.29, 1.82) is 0 Å². The summed E-state index contributed by atoms with van der Waals surface area (Å²) in [5.74, 6) is 3.73. The summed E-state index contributed by atoms with van der Waals surface area (Å²) in [7, 11) is 0. The summed E-state index contributed by atoms with van der Waals surface area (Å²) in [5.41, 5.74) is 0.341. The van der Waals surface area contributed by atoms with Crippen LogP contribution in [0.2, 0.25) is 0 Å². The number of allylic oxidation sites excluding steroid dienone is 3. The molecule has 0 spiro atoms. The van der Waals surface area contributed by atoms with E-state index in [-0.39, 0.29) is 16.9 Å². The van der Waals surface area contributed by atoms with E-state index >= 15 is 0 Å². The van der Waals surface area contributed by atoms with Crippen LogP contribution in [0.15, 0.2) is 24.0 Å². The van der Waals surface area contributed by atoms with E-state index in [9.17, 15) is 10.2 Å². The van der Waals surface area contributed by atoms with Gasteiger partial charge in [-0.05, 0) is 84.7 Å². The van der Waals surface area contributed by atoms with E-state index in [1.54, 1.807) is 0 Å². The van der Waals surface area contributed by atoms with Crippen molar-refractivity contribution in [2.75, 3.05) is 0 Å². The van der Waals surface area contributed by atoms with Gasteiger partial charge in [0.05, 0.1) is 6.10 Å². The molecule has 3 fully saturated rings. The van der Waals surface area contributed by atoms with E-state index in [1.165, 1.54) is 25.7 Å². The number of rotatable bonds is 0. The highest BCUT2D eigenvalue weighted by molar-refractivity contribution is 5.27. The first-order chi connectivity index (χ1) is 10.4. The van der Waals surface area contributed by atoms with Gasteiger partial charge in [0.1, 0.15) is 5.76 Å². The van der Waals surface area contributed by atoms with Crippen LogP contribution in [0.1, 0.15) is 52.9 Å². The fourth-order valence-corrected chi connectivity index (χ4v) is 6.79. The molecule has 0 amide bonds. The minimum atomic E-state index is -0.0954. The van der Waals surface area contributed by atoms with Crippen LogP contribution in [0, 0.1) is 40.4 Å². The Balaban J connectivity index is 1.72. The molecule has 0 radical (unpaired) electrons. The predicted octanol–water partition coefficient (Wildman–Crippen LogP) is 4.46. The van der Waals surface area contributed by atoms with E-state index in [0.717, 1.165) is 12.3 Å². The molecular formula is C20H30O2. The molecule has 2 N–H and O–H groups in total. The largest absolute Gasteiger partial charge is 0.508 e. The van der Waals surface area contributed by atoms with Gasteiger partial charge >= 0.3 is 0 Å². The second kappa shape index (κ2) is 4.63. The Morgan fingerprint density at radius 1 is 1.14 bits per heavy atom. The first kappa shape index (κ1) is 14.8. The lowest BCUT2D eigenvalue weighted by molar-refractivity contribution is -0.108. The summed E-state index contributed by atoms with van der Waals surface area (Å²) in [5, 5.41) is 20.4. The van der Waals surface area contributed by atoms with Gasteiger partial charge in [0.25, 0.3) is 0 Å². The standard InChI is InChI=1S/C20H30O2/c1-12-10-13-11-14(21)6-8-19(13,2)16-7-9-20(3)15(18(12)16)4-5-17(20)22/h6,8,11-13,15-18,21-22H,4-5,7,9-10H2,1-3H3/t12-,13?,15-,16-,17-,18-,19-,20-/m0/s1. The molecule has 0 aliphatic heterocycles. The molecule has 2 nitrogen and oxygen atoms in total. The first-order valence-electron chi connectivity index (χ1n) is 9.14. The molecule has 2 heteroatoms. The molecule has 0 heterocycles. The number of aliphatic hydroxyl groups excluding tert-OH is 2. The highest BCUT2D eigenvalue weighted by Gasteiger charge is 2.60. The zero-order valence-corrected chi connectivity index (χ0v) is 14.1. The third-order valence-electron chi connectivity index (χ3n) is 8.15. The Labute approximate surface area is 134 Å².